The minimum atomic E-state index is -0.501. The number of aryl methyl sites for hydroxylation is 2. The Morgan fingerprint density at radius 1 is 1.53 bits per heavy atom. The van der Waals surface area contributed by atoms with Crippen LogP contribution in [0.4, 0.5) is 11.4 Å². The number of nitrogens with zero attached hydrogens (tertiary/aromatic N) is 3. The second-order valence-corrected chi connectivity index (χ2v) is 3.37. The molecule has 0 bridgehead atoms. The van der Waals surface area contributed by atoms with Crippen molar-refractivity contribution in [2.75, 3.05) is 5.73 Å². The SMILES string of the molecule is Cc1nc2cc([N+](=O)[O-])c(N)cc2n1C. The van der Waals surface area contributed by atoms with Gasteiger partial charge in [-0.05, 0) is 13.0 Å². The standard InChI is InChI=1S/C9H10N4O2/c1-5-11-7-4-8(13(14)15)6(10)3-9(7)12(5)2/h3-4H,10H2,1-2H3. The first-order chi connectivity index (χ1) is 7.00. The molecule has 0 saturated heterocycles. The summed E-state index contributed by atoms with van der Waals surface area (Å²) in [7, 11) is 1.84. The summed E-state index contributed by atoms with van der Waals surface area (Å²) in [5.74, 6) is 0.796. The molecule has 0 aliphatic rings. The first-order valence-electron chi connectivity index (χ1n) is 4.37. The van der Waals surface area contributed by atoms with Gasteiger partial charge in [-0.2, -0.15) is 0 Å². The van der Waals surface area contributed by atoms with E-state index in [9.17, 15) is 10.1 Å². The average Bonchev–Trinajstić information content (AvgIpc) is 2.43. The van der Waals surface area contributed by atoms with Crippen LogP contribution in [0.5, 0.6) is 0 Å². The van der Waals surface area contributed by atoms with Crippen molar-refractivity contribution in [2.24, 2.45) is 7.05 Å². The molecule has 0 fully saturated rings. The number of hydrogen-bond donors (Lipinski definition) is 1. The summed E-state index contributed by atoms with van der Waals surface area (Å²) in [5.41, 5.74) is 7.04. The van der Waals surface area contributed by atoms with Gasteiger partial charge in [0.25, 0.3) is 5.69 Å². The van der Waals surface area contributed by atoms with E-state index in [-0.39, 0.29) is 11.4 Å². The first kappa shape index (κ1) is 9.45. The summed E-state index contributed by atoms with van der Waals surface area (Å²) in [6.07, 6.45) is 0. The Morgan fingerprint density at radius 3 is 2.80 bits per heavy atom. The van der Waals surface area contributed by atoms with Crippen molar-refractivity contribution in [3.63, 3.8) is 0 Å². The third-order valence-corrected chi connectivity index (χ3v) is 2.45. The minimum Gasteiger partial charge on any atom is -0.393 e. The van der Waals surface area contributed by atoms with E-state index in [0.717, 1.165) is 11.3 Å². The fraction of sp³-hybridized carbons (Fsp3) is 0.222. The first-order valence-corrected chi connectivity index (χ1v) is 4.37. The molecule has 6 nitrogen and oxygen atoms in total. The lowest BCUT2D eigenvalue weighted by Crippen LogP contribution is -1.96. The van der Waals surface area contributed by atoms with E-state index in [1.54, 1.807) is 6.07 Å². The maximum atomic E-state index is 10.6. The van der Waals surface area contributed by atoms with Gasteiger partial charge >= 0.3 is 0 Å². The van der Waals surface area contributed by atoms with Gasteiger partial charge in [-0.3, -0.25) is 10.1 Å². The molecule has 0 atom stereocenters. The number of nitro groups is 1. The fourth-order valence-electron chi connectivity index (χ4n) is 1.52. The number of rotatable bonds is 1. The van der Waals surface area contributed by atoms with Crippen LogP contribution < -0.4 is 5.73 Å². The largest absolute Gasteiger partial charge is 0.393 e. The lowest BCUT2D eigenvalue weighted by Gasteiger charge is -1.99. The molecule has 6 heteroatoms. The van der Waals surface area contributed by atoms with Gasteiger partial charge in [0, 0.05) is 13.1 Å². The number of anilines is 1. The number of imidazole rings is 1. The number of aromatic nitrogens is 2. The second kappa shape index (κ2) is 2.94. The summed E-state index contributed by atoms with van der Waals surface area (Å²) >= 11 is 0. The number of nitrogens with two attached hydrogens (primary N) is 1. The van der Waals surface area contributed by atoms with Crippen LogP contribution in [-0.2, 0) is 7.05 Å². The topological polar surface area (TPSA) is 87.0 Å². The lowest BCUT2D eigenvalue weighted by molar-refractivity contribution is -0.383. The van der Waals surface area contributed by atoms with Gasteiger partial charge in [0.2, 0.25) is 0 Å². The minimum absolute atomic E-state index is 0.0967. The fourth-order valence-corrected chi connectivity index (χ4v) is 1.52. The molecule has 2 N–H and O–H groups in total. The van der Waals surface area contributed by atoms with Crippen molar-refractivity contribution in [1.29, 1.82) is 0 Å². The number of nitro benzene ring substituents is 1. The molecule has 0 saturated carbocycles. The van der Waals surface area contributed by atoms with Crippen molar-refractivity contribution in [1.82, 2.24) is 9.55 Å². The van der Waals surface area contributed by atoms with E-state index in [1.807, 2.05) is 18.5 Å². The summed E-state index contributed by atoms with van der Waals surface area (Å²) < 4.78 is 1.84. The molecule has 1 aromatic heterocycles. The summed E-state index contributed by atoms with van der Waals surface area (Å²) in [4.78, 5) is 14.3. The van der Waals surface area contributed by atoms with Crippen LogP contribution in [0.3, 0.4) is 0 Å². The molecule has 0 unspecified atom stereocenters. The molecule has 0 spiro atoms. The van der Waals surface area contributed by atoms with Crippen molar-refractivity contribution >= 4 is 22.4 Å². The highest BCUT2D eigenvalue weighted by Gasteiger charge is 2.15. The van der Waals surface area contributed by atoms with E-state index in [2.05, 4.69) is 4.98 Å². The Hall–Kier alpha value is -2.11. The predicted molar refractivity (Wildman–Crippen MR) is 56.5 cm³/mol. The summed E-state index contributed by atoms with van der Waals surface area (Å²) in [5, 5.41) is 10.6. The Kier molecular flexibility index (Phi) is 1.85. The van der Waals surface area contributed by atoms with Crippen LogP contribution in [0.15, 0.2) is 12.1 Å². The van der Waals surface area contributed by atoms with Gasteiger partial charge in [-0.15, -0.1) is 0 Å². The van der Waals surface area contributed by atoms with Gasteiger partial charge in [-0.1, -0.05) is 0 Å². The highest BCUT2D eigenvalue weighted by Crippen LogP contribution is 2.27. The molecule has 0 amide bonds. The monoisotopic (exact) mass is 206 g/mol. The van der Waals surface area contributed by atoms with E-state index in [1.165, 1.54) is 6.07 Å². The Balaban J connectivity index is 2.82. The van der Waals surface area contributed by atoms with E-state index >= 15 is 0 Å². The van der Waals surface area contributed by atoms with Gasteiger partial charge in [-0.25, -0.2) is 4.98 Å². The summed E-state index contributed by atoms with van der Waals surface area (Å²) in [6.45, 7) is 1.84. The molecule has 0 aliphatic carbocycles. The van der Waals surface area contributed by atoms with Gasteiger partial charge < -0.3 is 10.3 Å². The molecule has 15 heavy (non-hydrogen) atoms. The molecule has 78 valence electrons. The second-order valence-electron chi connectivity index (χ2n) is 3.37. The quantitative estimate of drug-likeness (QED) is 0.433. The summed E-state index contributed by atoms with van der Waals surface area (Å²) in [6, 6.07) is 2.98. The molecule has 1 aromatic carbocycles. The number of benzene rings is 1. The molecule has 0 aliphatic heterocycles. The van der Waals surface area contributed by atoms with E-state index in [0.29, 0.717) is 5.52 Å². The van der Waals surface area contributed by atoms with Crippen LogP contribution in [0.2, 0.25) is 0 Å². The number of hydrogen-bond acceptors (Lipinski definition) is 4. The van der Waals surface area contributed by atoms with Gasteiger partial charge in [0.1, 0.15) is 11.5 Å². The van der Waals surface area contributed by atoms with Crippen molar-refractivity contribution in [3.05, 3.63) is 28.1 Å². The van der Waals surface area contributed by atoms with Crippen LogP contribution in [0.25, 0.3) is 11.0 Å². The molecular weight excluding hydrogens is 196 g/mol. The predicted octanol–water partition coefficient (Wildman–Crippen LogP) is 1.37. The van der Waals surface area contributed by atoms with Gasteiger partial charge in [0.15, 0.2) is 0 Å². The average molecular weight is 206 g/mol. The zero-order chi connectivity index (χ0) is 11.2. The van der Waals surface area contributed by atoms with Crippen LogP contribution in [0, 0.1) is 17.0 Å². The van der Waals surface area contributed by atoms with Crippen molar-refractivity contribution in [3.8, 4) is 0 Å². The zero-order valence-electron chi connectivity index (χ0n) is 8.39. The number of fused-ring (bicyclic) bond motifs is 1. The van der Waals surface area contributed by atoms with E-state index < -0.39 is 4.92 Å². The highest BCUT2D eigenvalue weighted by atomic mass is 16.6. The Bertz CT molecular complexity index is 559. The smallest absolute Gasteiger partial charge is 0.294 e. The maximum Gasteiger partial charge on any atom is 0.294 e. The van der Waals surface area contributed by atoms with Gasteiger partial charge in [0.05, 0.1) is 16.0 Å². The third kappa shape index (κ3) is 1.30. The van der Waals surface area contributed by atoms with E-state index in [4.69, 9.17) is 5.73 Å². The zero-order valence-corrected chi connectivity index (χ0v) is 8.39. The Labute approximate surface area is 85.5 Å². The highest BCUT2D eigenvalue weighted by molar-refractivity contribution is 5.84. The number of nitrogen functional groups attached to an aromatic ring is 1. The van der Waals surface area contributed by atoms with Crippen LogP contribution in [0.1, 0.15) is 5.82 Å². The molecule has 0 radical (unpaired) electrons. The third-order valence-electron chi connectivity index (χ3n) is 2.45. The van der Waals surface area contributed by atoms with Crippen LogP contribution >= 0.6 is 0 Å². The normalized spacial score (nSPS) is 10.8. The Morgan fingerprint density at radius 2 is 2.20 bits per heavy atom. The lowest BCUT2D eigenvalue weighted by atomic mass is 10.2. The molecular formula is C9H10N4O2. The molecule has 2 aromatic rings. The molecule has 1 heterocycles. The van der Waals surface area contributed by atoms with Crippen LogP contribution in [-0.4, -0.2) is 14.5 Å². The van der Waals surface area contributed by atoms with Crippen molar-refractivity contribution < 1.29 is 4.92 Å². The molecule has 2 rings (SSSR count). The maximum absolute atomic E-state index is 10.6. The van der Waals surface area contributed by atoms with Crippen molar-refractivity contribution in [2.45, 2.75) is 6.92 Å².